The zero-order valence-electron chi connectivity index (χ0n) is 57.3. The van der Waals surface area contributed by atoms with E-state index in [4.69, 9.17) is 4.42 Å². The van der Waals surface area contributed by atoms with Crippen molar-refractivity contribution in [1.29, 1.82) is 0 Å². The molecule has 0 atom stereocenters. The van der Waals surface area contributed by atoms with Crippen LogP contribution in [0.2, 0.25) is 0 Å². The zero-order valence-corrected chi connectivity index (χ0v) is 57.3. The maximum atomic E-state index is 6.88. The van der Waals surface area contributed by atoms with E-state index in [1.54, 1.807) is 0 Å². The topological polar surface area (TPSA) is 26.1 Å². The lowest BCUT2D eigenvalue weighted by atomic mass is 9.33. The summed E-state index contributed by atoms with van der Waals surface area (Å²) in [4.78, 5) is 10.1. The molecule has 0 radical (unpaired) electrons. The third kappa shape index (κ3) is 11.4. The summed E-state index contributed by atoms with van der Waals surface area (Å²) in [6.45, 7) is 20.6. The normalized spacial score (nSPS) is 12.7. The van der Waals surface area contributed by atoms with E-state index in [0.717, 1.165) is 124 Å². The molecule has 476 valence electrons. The summed E-state index contributed by atoms with van der Waals surface area (Å²) in [5, 5.41) is 1.06. The first-order valence-electron chi connectivity index (χ1n) is 34.4. The number of hydrogen-bond acceptors (Lipinski definition) is 5. The van der Waals surface area contributed by atoms with E-state index in [9.17, 15) is 0 Å². The first-order chi connectivity index (χ1) is 47.5. The van der Waals surface area contributed by atoms with Crippen LogP contribution in [0.1, 0.15) is 79.0 Å². The molecule has 0 aliphatic carbocycles. The summed E-state index contributed by atoms with van der Waals surface area (Å²) in [7, 11) is 0. The molecule has 0 fully saturated rings. The second-order valence-corrected chi connectivity index (χ2v) is 29.5. The quantitative estimate of drug-likeness (QED) is 0.114. The minimum Gasteiger partial charge on any atom is -0.456 e. The molecule has 6 heteroatoms. The van der Waals surface area contributed by atoms with Gasteiger partial charge in [-0.3, -0.25) is 0 Å². The van der Waals surface area contributed by atoms with Crippen LogP contribution in [0.3, 0.4) is 0 Å². The summed E-state index contributed by atoms with van der Waals surface area (Å²) in [6, 6.07) is 117. The van der Waals surface area contributed by atoms with Crippen LogP contribution in [-0.2, 0) is 16.2 Å². The number of benzene rings is 13. The molecule has 0 spiro atoms. The monoisotopic (exact) mass is 1270 g/mol. The number of hydrogen-bond donors (Lipinski definition) is 0. The Hall–Kier alpha value is -11.3. The van der Waals surface area contributed by atoms with E-state index in [1.807, 2.05) is 0 Å². The first-order valence-corrected chi connectivity index (χ1v) is 34.4. The van der Waals surface area contributed by atoms with Gasteiger partial charge in [0.1, 0.15) is 11.3 Å². The Morgan fingerprint density at radius 3 is 1.14 bits per heavy atom. The fourth-order valence-electron chi connectivity index (χ4n) is 14.7. The molecule has 14 aromatic rings. The lowest BCUT2D eigenvalue weighted by Gasteiger charge is -2.46. The minimum atomic E-state index is -0.228. The van der Waals surface area contributed by atoms with Gasteiger partial charge in [-0.1, -0.05) is 250 Å². The first kappa shape index (κ1) is 61.5. The molecule has 0 bridgehead atoms. The summed E-state index contributed by atoms with van der Waals surface area (Å²) < 4.78 is 6.88. The van der Waals surface area contributed by atoms with E-state index >= 15 is 0 Å². The molecule has 13 aromatic carbocycles. The Morgan fingerprint density at radius 2 is 0.663 bits per heavy atom. The zero-order chi connectivity index (χ0) is 67.0. The van der Waals surface area contributed by atoms with Gasteiger partial charge in [-0.25, -0.2) is 0 Å². The highest BCUT2D eigenvalue weighted by atomic mass is 16.3. The van der Waals surface area contributed by atoms with Gasteiger partial charge in [0.05, 0.1) is 5.69 Å². The van der Waals surface area contributed by atoms with Crippen molar-refractivity contribution in [3.63, 3.8) is 0 Å². The van der Waals surface area contributed by atoms with Gasteiger partial charge >= 0.3 is 0 Å². The molecule has 1 aromatic heterocycles. The fourth-order valence-corrected chi connectivity index (χ4v) is 14.7. The average Bonchev–Trinajstić information content (AvgIpc) is 0.769. The van der Waals surface area contributed by atoms with Crippen LogP contribution in [0.25, 0.3) is 55.7 Å². The summed E-state index contributed by atoms with van der Waals surface area (Å²) >= 11 is 0. The largest absolute Gasteiger partial charge is 0.456 e. The molecule has 0 unspecified atom stereocenters. The molecule has 0 N–H and O–H groups in total. The predicted molar refractivity (Wildman–Crippen MR) is 417 cm³/mol. The standard InChI is InChI=1S/C92H79BN4O/c1-90(2,3)70-39-44-75(45-40-70)95(76-46-41-71(42-47-76)91(4,5)6)80-60-85-89-86(61-80)97(78-53-66(62-27-15-10-16-28-62)51-67(54-78)63-29-17-11-18-30-63)84-59-77(94(73-34-21-13-22-35-73)74-36-23-14-24-37-74)48-49-81(84)93(89)82-58-72(92(7,8)9)43-50-83(82)96(85)79-55-68(64-31-19-12-20-32-64)52-69(56-79)88-57-65-33-25-26-38-87(65)98-88/h10-61H,1-9H3. The van der Waals surface area contributed by atoms with Crippen molar-refractivity contribution in [2.24, 2.45) is 0 Å². The lowest BCUT2D eigenvalue weighted by Crippen LogP contribution is -2.61. The third-order valence-corrected chi connectivity index (χ3v) is 19.8. The second-order valence-electron chi connectivity index (χ2n) is 29.5. The highest BCUT2D eigenvalue weighted by Crippen LogP contribution is 2.52. The van der Waals surface area contributed by atoms with E-state index in [0.29, 0.717) is 0 Å². The Morgan fingerprint density at radius 1 is 0.276 bits per heavy atom. The van der Waals surface area contributed by atoms with Gasteiger partial charge in [-0.2, -0.15) is 0 Å². The van der Waals surface area contributed by atoms with Crippen LogP contribution >= 0.6 is 0 Å². The van der Waals surface area contributed by atoms with Crippen molar-refractivity contribution in [2.75, 3.05) is 19.6 Å². The lowest BCUT2D eigenvalue weighted by molar-refractivity contribution is 0.590. The van der Waals surface area contributed by atoms with Crippen molar-refractivity contribution < 1.29 is 4.42 Å². The van der Waals surface area contributed by atoms with Gasteiger partial charge < -0.3 is 24.0 Å². The van der Waals surface area contributed by atoms with Crippen molar-refractivity contribution in [1.82, 2.24) is 0 Å². The summed E-state index contributed by atoms with van der Waals surface area (Å²) in [6.07, 6.45) is 0. The number of furan rings is 1. The van der Waals surface area contributed by atoms with Crippen LogP contribution in [0, 0.1) is 0 Å². The van der Waals surface area contributed by atoms with Crippen LogP contribution in [0.15, 0.2) is 320 Å². The fraction of sp³-hybridized carbons (Fsp3) is 0.130. The highest BCUT2D eigenvalue weighted by Gasteiger charge is 2.45. The van der Waals surface area contributed by atoms with Crippen LogP contribution in [-0.4, -0.2) is 6.71 Å². The Bertz CT molecular complexity index is 5070. The van der Waals surface area contributed by atoms with Crippen molar-refractivity contribution in [2.45, 2.75) is 78.6 Å². The van der Waals surface area contributed by atoms with Gasteiger partial charge in [-0.05, 0) is 210 Å². The van der Waals surface area contributed by atoms with Crippen molar-refractivity contribution in [3.05, 3.63) is 332 Å². The predicted octanol–water partition coefficient (Wildman–Crippen LogP) is 24.0. The molecule has 16 rings (SSSR count). The molecule has 0 saturated carbocycles. The van der Waals surface area contributed by atoms with Gasteiger partial charge in [0, 0.05) is 73.5 Å². The Labute approximate surface area is 578 Å². The van der Waals surface area contributed by atoms with E-state index in [1.165, 1.54) is 33.1 Å². The van der Waals surface area contributed by atoms with E-state index in [-0.39, 0.29) is 23.0 Å². The van der Waals surface area contributed by atoms with Crippen LogP contribution in [0.4, 0.5) is 68.2 Å². The van der Waals surface area contributed by atoms with E-state index in [2.05, 4.69) is 397 Å². The molecule has 0 amide bonds. The Balaban J connectivity index is 1.06. The molecule has 2 aliphatic rings. The SMILES string of the molecule is CC(C)(C)c1ccc(N(c2ccc(C(C)(C)C)cc2)c2cc3c4c(c2)N(c2cc(-c5ccccc5)cc(-c5ccccc5)c2)c2cc(N(c5ccccc5)c5ccccc5)ccc2B4c2cc(C(C)(C)C)ccc2N3c2cc(-c3ccccc3)cc(-c3cc4ccccc4o3)c2)cc1. The number of fused-ring (bicyclic) bond motifs is 5. The molecule has 98 heavy (non-hydrogen) atoms. The minimum absolute atomic E-state index is 0.0603. The van der Waals surface area contributed by atoms with Gasteiger partial charge in [0.15, 0.2) is 0 Å². The van der Waals surface area contributed by atoms with Crippen LogP contribution < -0.4 is 36.0 Å². The molecule has 5 nitrogen and oxygen atoms in total. The number of anilines is 12. The summed E-state index contributed by atoms with van der Waals surface area (Å²) in [5.74, 6) is 0.811. The number of para-hydroxylation sites is 3. The summed E-state index contributed by atoms with van der Waals surface area (Å²) in [5.41, 5.74) is 28.5. The third-order valence-electron chi connectivity index (χ3n) is 19.8. The average molecular weight is 1270 g/mol. The van der Waals surface area contributed by atoms with Gasteiger partial charge in [0.2, 0.25) is 0 Å². The van der Waals surface area contributed by atoms with Gasteiger partial charge in [0.25, 0.3) is 6.71 Å². The molecular formula is C92H79BN4O. The number of nitrogens with zero attached hydrogens (tertiary/aromatic N) is 4. The highest BCUT2D eigenvalue weighted by molar-refractivity contribution is 7.00. The second kappa shape index (κ2) is 24.4. The van der Waals surface area contributed by atoms with Crippen molar-refractivity contribution in [3.8, 4) is 44.7 Å². The van der Waals surface area contributed by atoms with Crippen LogP contribution in [0.5, 0.6) is 0 Å². The molecule has 2 aliphatic heterocycles. The molecule has 3 heterocycles. The maximum Gasteiger partial charge on any atom is 0.252 e. The molecule has 0 saturated heterocycles. The smallest absolute Gasteiger partial charge is 0.252 e. The maximum absolute atomic E-state index is 6.88. The van der Waals surface area contributed by atoms with Crippen molar-refractivity contribution >= 4 is 102 Å². The molecular weight excluding hydrogens is 1190 g/mol. The Kier molecular flexibility index (Phi) is 15.3. The number of rotatable bonds is 12. The van der Waals surface area contributed by atoms with Gasteiger partial charge in [-0.15, -0.1) is 0 Å². The van der Waals surface area contributed by atoms with E-state index < -0.39 is 0 Å².